The molecule has 1 saturated carbocycles. The van der Waals surface area contributed by atoms with Crippen LogP contribution in [0.4, 0.5) is 5.69 Å². The molecule has 0 bridgehead atoms. The predicted octanol–water partition coefficient (Wildman–Crippen LogP) is 1.22. The molecule has 1 aromatic rings. The van der Waals surface area contributed by atoms with Crippen molar-refractivity contribution in [2.24, 2.45) is 0 Å². The van der Waals surface area contributed by atoms with Gasteiger partial charge in [0.05, 0.1) is 5.56 Å². The van der Waals surface area contributed by atoms with Crippen molar-refractivity contribution >= 4 is 23.4 Å². The number of carbonyl (C=O) groups is 3. The standard InChI is InChI=1S/C19H24N4O3/c1-12(17(25)20-13-6-7-13)23-11-10-19(9-8-16(23)24)21-15-5-3-2-4-14(15)18(26)22-19/h2-5,12-13,21H,6-11H2,1H3,(H,20,25)(H,22,26). The fraction of sp³-hybridized carbons (Fsp3) is 0.526. The van der Waals surface area contributed by atoms with Crippen LogP contribution in [0.2, 0.25) is 0 Å². The summed E-state index contributed by atoms with van der Waals surface area (Å²) in [4.78, 5) is 39.1. The summed E-state index contributed by atoms with van der Waals surface area (Å²) in [6.07, 6.45) is 3.38. The summed E-state index contributed by atoms with van der Waals surface area (Å²) >= 11 is 0. The summed E-state index contributed by atoms with van der Waals surface area (Å²) in [6, 6.07) is 7.15. The number of nitrogens with one attached hydrogen (secondary N) is 3. The Balaban J connectivity index is 1.49. The third-order valence-corrected chi connectivity index (χ3v) is 5.53. The Kier molecular flexibility index (Phi) is 4.09. The van der Waals surface area contributed by atoms with E-state index in [9.17, 15) is 14.4 Å². The molecule has 1 aliphatic carbocycles. The van der Waals surface area contributed by atoms with Crippen LogP contribution in [0, 0.1) is 0 Å². The molecule has 1 aromatic carbocycles. The van der Waals surface area contributed by atoms with Gasteiger partial charge in [0.15, 0.2) is 0 Å². The van der Waals surface area contributed by atoms with E-state index in [1.165, 1.54) is 0 Å². The van der Waals surface area contributed by atoms with Gasteiger partial charge in [0.25, 0.3) is 5.91 Å². The Bertz CT molecular complexity index is 761. The molecular weight excluding hydrogens is 332 g/mol. The number of hydrogen-bond acceptors (Lipinski definition) is 4. The van der Waals surface area contributed by atoms with Crippen LogP contribution in [0.5, 0.6) is 0 Å². The van der Waals surface area contributed by atoms with Gasteiger partial charge in [-0.1, -0.05) is 12.1 Å². The maximum atomic E-state index is 12.6. The number of carbonyl (C=O) groups excluding carboxylic acids is 3. The van der Waals surface area contributed by atoms with Crippen molar-refractivity contribution < 1.29 is 14.4 Å². The zero-order valence-corrected chi connectivity index (χ0v) is 14.9. The quantitative estimate of drug-likeness (QED) is 0.759. The van der Waals surface area contributed by atoms with Crippen molar-refractivity contribution in [2.45, 2.75) is 56.8 Å². The minimum atomic E-state index is -0.650. The largest absolute Gasteiger partial charge is 0.362 e. The van der Waals surface area contributed by atoms with Gasteiger partial charge in [0, 0.05) is 31.1 Å². The lowest BCUT2D eigenvalue weighted by Gasteiger charge is -2.40. The molecule has 2 fully saturated rings. The highest BCUT2D eigenvalue weighted by Gasteiger charge is 2.42. The van der Waals surface area contributed by atoms with Crippen molar-refractivity contribution in [3.05, 3.63) is 29.8 Å². The normalized spacial score (nSPS) is 26.4. The van der Waals surface area contributed by atoms with Gasteiger partial charge in [0.1, 0.15) is 11.7 Å². The minimum absolute atomic E-state index is 0.0461. The van der Waals surface area contributed by atoms with Crippen molar-refractivity contribution in [2.75, 3.05) is 11.9 Å². The number of likely N-dealkylation sites (tertiary alicyclic amines) is 1. The molecule has 1 saturated heterocycles. The van der Waals surface area contributed by atoms with E-state index in [2.05, 4.69) is 16.0 Å². The molecule has 3 N–H and O–H groups in total. The van der Waals surface area contributed by atoms with Crippen LogP contribution in [-0.4, -0.2) is 46.9 Å². The number of anilines is 1. The van der Waals surface area contributed by atoms with E-state index >= 15 is 0 Å². The van der Waals surface area contributed by atoms with Crippen LogP contribution in [0.3, 0.4) is 0 Å². The van der Waals surface area contributed by atoms with E-state index in [0.29, 0.717) is 24.9 Å². The smallest absolute Gasteiger partial charge is 0.255 e. The van der Waals surface area contributed by atoms with Gasteiger partial charge in [-0.2, -0.15) is 0 Å². The summed E-state index contributed by atoms with van der Waals surface area (Å²) in [5.74, 6) is -0.266. The van der Waals surface area contributed by atoms with Crippen molar-refractivity contribution in [1.29, 1.82) is 0 Å². The third kappa shape index (κ3) is 3.13. The van der Waals surface area contributed by atoms with Crippen LogP contribution >= 0.6 is 0 Å². The van der Waals surface area contributed by atoms with Gasteiger partial charge in [-0.25, -0.2) is 0 Å². The van der Waals surface area contributed by atoms with Gasteiger partial charge in [-0.3, -0.25) is 14.4 Å². The fourth-order valence-electron chi connectivity index (χ4n) is 3.74. The van der Waals surface area contributed by atoms with Gasteiger partial charge >= 0.3 is 0 Å². The van der Waals surface area contributed by atoms with Gasteiger partial charge in [0.2, 0.25) is 11.8 Å². The van der Waals surface area contributed by atoms with Crippen molar-refractivity contribution in [3.63, 3.8) is 0 Å². The second-order valence-electron chi connectivity index (χ2n) is 7.50. The van der Waals surface area contributed by atoms with Crippen LogP contribution in [0.25, 0.3) is 0 Å². The summed E-state index contributed by atoms with van der Waals surface area (Å²) in [5, 5.41) is 9.44. The fourth-order valence-corrected chi connectivity index (χ4v) is 3.74. The summed E-state index contributed by atoms with van der Waals surface area (Å²) in [5.41, 5.74) is 0.752. The summed E-state index contributed by atoms with van der Waals surface area (Å²) < 4.78 is 0. The minimum Gasteiger partial charge on any atom is -0.362 e. The molecule has 4 rings (SSSR count). The van der Waals surface area contributed by atoms with Crippen LogP contribution in [-0.2, 0) is 9.59 Å². The molecule has 138 valence electrons. The predicted molar refractivity (Wildman–Crippen MR) is 96.5 cm³/mol. The average molecular weight is 356 g/mol. The second-order valence-corrected chi connectivity index (χ2v) is 7.50. The zero-order valence-electron chi connectivity index (χ0n) is 14.9. The summed E-state index contributed by atoms with van der Waals surface area (Å²) in [7, 11) is 0. The van der Waals surface area contributed by atoms with E-state index in [-0.39, 0.29) is 30.2 Å². The molecule has 0 radical (unpaired) electrons. The molecule has 2 atom stereocenters. The van der Waals surface area contributed by atoms with Crippen molar-refractivity contribution in [3.8, 4) is 0 Å². The lowest BCUT2D eigenvalue weighted by atomic mass is 9.95. The highest BCUT2D eigenvalue weighted by molar-refractivity contribution is 6.02. The molecule has 2 heterocycles. The monoisotopic (exact) mass is 356 g/mol. The van der Waals surface area contributed by atoms with E-state index < -0.39 is 11.7 Å². The number of hydrogen-bond donors (Lipinski definition) is 3. The molecule has 26 heavy (non-hydrogen) atoms. The first-order chi connectivity index (χ1) is 12.5. The topological polar surface area (TPSA) is 90.5 Å². The third-order valence-electron chi connectivity index (χ3n) is 5.53. The van der Waals surface area contributed by atoms with Crippen LogP contribution in [0.1, 0.15) is 49.4 Å². The Hall–Kier alpha value is -2.57. The number of rotatable bonds is 3. The first-order valence-electron chi connectivity index (χ1n) is 9.27. The number of para-hydroxylation sites is 1. The lowest BCUT2D eigenvalue weighted by molar-refractivity contribution is -0.139. The molecular formula is C19H24N4O3. The summed E-state index contributed by atoms with van der Waals surface area (Å²) in [6.45, 7) is 2.20. The van der Waals surface area contributed by atoms with Crippen LogP contribution in [0.15, 0.2) is 24.3 Å². The molecule has 7 nitrogen and oxygen atoms in total. The maximum Gasteiger partial charge on any atom is 0.255 e. The lowest BCUT2D eigenvalue weighted by Crippen LogP contribution is -2.58. The Labute approximate surface area is 152 Å². The number of nitrogens with zero attached hydrogens (tertiary/aromatic N) is 1. The molecule has 2 aliphatic heterocycles. The van der Waals surface area contributed by atoms with Crippen molar-refractivity contribution in [1.82, 2.24) is 15.5 Å². The highest BCUT2D eigenvalue weighted by atomic mass is 16.2. The van der Waals surface area contributed by atoms with Gasteiger partial charge in [-0.15, -0.1) is 0 Å². The zero-order chi connectivity index (χ0) is 18.3. The maximum absolute atomic E-state index is 12.6. The van der Waals surface area contributed by atoms with E-state index in [1.54, 1.807) is 17.9 Å². The highest BCUT2D eigenvalue weighted by Crippen LogP contribution is 2.32. The van der Waals surface area contributed by atoms with Crippen LogP contribution < -0.4 is 16.0 Å². The number of fused-ring (bicyclic) bond motifs is 1. The first-order valence-corrected chi connectivity index (χ1v) is 9.27. The molecule has 0 aromatic heterocycles. The molecule has 3 amide bonds. The Morgan fingerprint density at radius 2 is 2.00 bits per heavy atom. The van der Waals surface area contributed by atoms with Gasteiger partial charge < -0.3 is 20.9 Å². The molecule has 7 heteroatoms. The van der Waals surface area contributed by atoms with Gasteiger partial charge in [-0.05, 0) is 38.3 Å². The molecule has 1 spiro atoms. The Morgan fingerprint density at radius 3 is 2.77 bits per heavy atom. The molecule has 3 aliphatic rings. The first kappa shape index (κ1) is 16.9. The SMILES string of the molecule is CC(C(=O)NC1CC1)N1CCC2(CCC1=O)NC(=O)c1ccccc1N2. The second kappa shape index (κ2) is 6.30. The Morgan fingerprint density at radius 1 is 1.23 bits per heavy atom. The number of amides is 3. The number of benzene rings is 1. The van der Waals surface area contributed by atoms with E-state index in [1.807, 2.05) is 18.2 Å². The molecule has 2 unspecified atom stereocenters. The average Bonchev–Trinajstić information content (AvgIpc) is 3.44. The van der Waals surface area contributed by atoms with E-state index in [0.717, 1.165) is 18.5 Å². The van der Waals surface area contributed by atoms with E-state index in [4.69, 9.17) is 0 Å².